The van der Waals surface area contributed by atoms with Crippen LogP contribution in [0.3, 0.4) is 0 Å². The first-order valence-electron chi connectivity index (χ1n) is 5.18. The molecule has 0 saturated carbocycles. The molecule has 1 amide bonds. The number of amides is 1. The van der Waals surface area contributed by atoms with Crippen molar-refractivity contribution in [1.29, 1.82) is 0 Å². The van der Waals surface area contributed by atoms with Crippen LogP contribution in [0.1, 0.15) is 20.3 Å². The number of carbonyl (C=O) groups excluding carboxylic acids is 1. The number of nitrogens with two attached hydrogens (primary N) is 1. The Bertz CT molecular complexity index is 208. The third kappa shape index (κ3) is 2.25. The van der Waals surface area contributed by atoms with E-state index in [1.165, 1.54) is 0 Å². The molecule has 0 aliphatic carbocycles. The van der Waals surface area contributed by atoms with Crippen molar-refractivity contribution < 1.29 is 9.53 Å². The second kappa shape index (κ2) is 4.75. The van der Waals surface area contributed by atoms with Crippen molar-refractivity contribution in [3.8, 4) is 0 Å². The van der Waals surface area contributed by atoms with Gasteiger partial charge in [0.2, 0.25) is 5.91 Å². The minimum absolute atomic E-state index is 0.115. The van der Waals surface area contributed by atoms with Gasteiger partial charge < -0.3 is 15.4 Å². The van der Waals surface area contributed by atoms with Crippen LogP contribution in [-0.2, 0) is 9.53 Å². The lowest BCUT2D eigenvalue weighted by atomic mass is 10.0. The van der Waals surface area contributed by atoms with Crippen molar-refractivity contribution in [3.63, 3.8) is 0 Å². The van der Waals surface area contributed by atoms with E-state index >= 15 is 0 Å². The Balaban J connectivity index is 2.55. The van der Waals surface area contributed by atoms with Crippen molar-refractivity contribution in [3.05, 3.63) is 0 Å². The molecule has 82 valence electrons. The molecule has 14 heavy (non-hydrogen) atoms. The van der Waals surface area contributed by atoms with Crippen LogP contribution in [0.2, 0.25) is 0 Å². The first kappa shape index (κ1) is 11.5. The molecule has 4 heteroatoms. The summed E-state index contributed by atoms with van der Waals surface area (Å²) in [5, 5.41) is 0. The number of carbonyl (C=O) groups is 1. The maximum atomic E-state index is 11.9. The van der Waals surface area contributed by atoms with Crippen molar-refractivity contribution in [2.45, 2.75) is 32.4 Å². The number of hydrogen-bond donors (Lipinski definition) is 1. The molecule has 0 bridgehead atoms. The van der Waals surface area contributed by atoms with Gasteiger partial charge in [-0.3, -0.25) is 4.79 Å². The first-order chi connectivity index (χ1) is 6.57. The van der Waals surface area contributed by atoms with Crippen LogP contribution >= 0.6 is 0 Å². The van der Waals surface area contributed by atoms with Gasteiger partial charge >= 0.3 is 0 Å². The summed E-state index contributed by atoms with van der Waals surface area (Å²) in [4.78, 5) is 13.7. The van der Waals surface area contributed by atoms with E-state index in [0.29, 0.717) is 13.2 Å². The largest absolute Gasteiger partial charge is 0.379 e. The van der Waals surface area contributed by atoms with Crippen molar-refractivity contribution in [1.82, 2.24) is 4.90 Å². The quantitative estimate of drug-likeness (QED) is 0.709. The van der Waals surface area contributed by atoms with Gasteiger partial charge in [0.25, 0.3) is 0 Å². The summed E-state index contributed by atoms with van der Waals surface area (Å²) in [6.07, 6.45) is 0.963. The fourth-order valence-electron chi connectivity index (χ4n) is 1.58. The van der Waals surface area contributed by atoms with Crippen LogP contribution in [0.5, 0.6) is 0 Å². The Morgan fingerprint density at radius 3 is 2.71 bits per heavy atom. The van der Waals surface area contributed by atoms with Gasteiger partial charge in [-0.25, -0.2) is 0 Å². The topological polar surface area (TPSA) is 55.6 Å². The number of ether oxygens (including phenoxy) is 1. The molecule has 1 fully saturated rings. The summed E-state index contributed by atoms with van der Waals surface area (Å²) in [5.41, 5.74) is 5.79. The lowest BCUT2D eigenvalue weighted by Crippen LogP contribution is -2.45. The number of hydrogen-bond acceptors (Lipinski definition) is 3. The van der Waals surface area contributed by atoms with E-state index in [4.69, 9.17) is 10.5 Å². The number of rotatable bonds is 3. The van der Waals surface area contributed by atoms with E-state index in [2.05, 4.69) is 6.92 Å². The SMILES string of the molecule is CCC(C)N(C)C(=O)C1COCC1N. The molecule has 2 N–H and O–H groups in total. The van der Waals surface area contributed by atoms with Gasteiger partial charge in [-0.2, -0.15) is 0 Å². The third-order valence-electron chi connectivity index (χ3n) is 3.04. The molecule has 1 aliphatic rings. The van der Waals surface area contributed by atoms with E-state index in [0.717, 1.165) is 6.42 Å². The monoisotopic (exact) mass is 200 g/mol. The Hall–Kier alpha value is -0.610. The van der Waals surface area contributed by atoms with Gasteiger partial charge in [-0.1, -0.05) is 6.92 Å². The van der Waals surface area contributed by atoms with E-state index in [9.17, 15) is 4.79 Å². The van der Waals surface area contributed by atoms with Crippen molar-refractivity contribution in [2.24, 2.45) is 11.7 Å². The van der Waals surface area contributed by atoms with Crippen LogP contribution in [-0.4, -0.2) is 43.2 Å². The molecule has 1 saturated heterocycles. The molecule has 1 heterocycles. The standard InChI is InChI=1S/C10H20N2O2/c1-4-7(2)12(3)10(13)8-5-14-6-9(8)11/h7-9H,4-6,11H2,1-3H3. The van der Waals surface area contributed by atoms with E-state index < -0.39 is 0 Å². The predicted octanol–water partition coefficient (Wildman–Crippen LogP) is 0.217. The van der Waals surface area contributed by atoms with Gasteiger partial charge in [-0.15, -0.1) is 0 Å². The van der Waals surface area contributed by atoms with Gasteiger partial charge in [0.15, 0.2) is 0 Å². The minimum Gasteiger partial charge on any atom is -0.379 e. The Labute approximate surface area is 85.4 Å². The zero-order chi connectivity index (χ0) is 10.7. The van der Waals surface area contributed by atoms with Crippen molar-refractivity contribution in [2.75, 3.05) is 20.3 Å². The summed E-state index contributed by atoms with van der Waals surface area (Å²) in [5.74, 6) is -0.0293. The molecule has 4 nitrogen and oxygen atoms in total. The van der Waals surface area contributed by atoms with E-state index in [1.54, 1.807) is 4.90 Å². The second-order valence-corrected chi connectivity index (χ2v) is 4.01. The van der Waals surface area contributed by atoms with Crippen LogP contribution in [0, 0.1) is 5.92 Å². The predicted molar refractivity (Wildman–Crippen MR) is 54.8 cm³/mol. The lowest BCUT2D eigenvalue weighted by molar-refractivity contribution is -0.136. The zero-order valence-corrected chi connectivity index (χ0v) is 9.19. The highest BCUT2D eigenvalue weighted by Crippen LogP contribution is 2.16. The highest BCUT2D eigenvalue weighted by atomic mass is 16.5. The average Bonchev–Trinajstić information content (AvgIpc) is 2.61. The zero-order valence-electron chi connectivity index (χ0n) is 9.19. The molecule has 3 atom stereocenters. The molecule has 0 spiro atoms. The molecule has 1 aliphatic heterocycles. The highest BCUT2D eigenvalue weighted by molar-refractivity contribution is 5.80. The minimum atomic E-state index is -0.144. The molecule has 3 unspecified atom stereocenters. The molecule has 0 aromatic rings. The Morgan fingerprint density at radius 1 is 1.64 bits per heavy atom. The molecule has 0 aromatic heterocycles. The maximum Gasteiger partial charge on any atom is 0.229 e. The molecular formula is C10H20N2O2. The highest BCUT2D eigenvalue weighted by Gasteiger charge is 2.34. The summed E-state index contributed by atoms with van der Waals surface area (Å²) in [6, 6.07) is 0.143. The lowest BCUT2D eigenvalue weighted by Gasteiger charge is -2.27. The summed E-state index contributed by atoms with van der Waals surface area (Å²) in [7, 11) is 1.83. The van der Waals surface area contributed by atoms with Crippen molar-refractivity contribution >= 4 is 5.91 Å². The fourth-order valence-corrected chi connectivity index (χ4v) is 1.58. The number of nitrogens with zero attached hydrogens (tertiary/aromatic N) is 1. The Kier molecular flexibility index (Phi) is 3.89. The van der Waals surface area contributed by atoms with Crippen LogP contribution in [0.15, 0.2) is 0 Å². The summed E-state index contributed by atoms with van der Waals surface area (Å²) < 4.78 is 5.18. The molecular weight excluding hydrogens is 180 g/mol. The summed E-state index contributed by atoms with van der Waals surface area (Å²) in [6.45, 7) is 5.09. The molecule has 1 rings (SSSR count). The first-order valence-corrected chi connectivity index (χ1v) is 5.18. The maximum absolute atomic E-state index is 11.9. The summed E-state index contributed by atoms with van der Waals surface area (Å²) >= 11 is 0. The Morgan fingerprint density at radius 2 is 2.29 bits per heavy atom. The van der Waals surface area contributed by atoms with Gasteiger partial charge in [-0.05, 0) is 13.3 Å². The van der Waals surface area contributed by atoms with E-state index in [-0.39, 0.29) is 23.9 Å². The molecule has 0 aromatic carbocycles. The van der Waals surface area contributed by atoms with Crippen LogP contribution < -0.4 is 5.73 Å². The normalized spacial score (nSPS) is 28.9. The fraction of sp³-hybridized carbons (Fsp3) is 0.900. The second-order valence-electron chi connectivity index (χ2n) is 4.01. The third-order valence-corrected chi connectivity index (χ3v) is 3.04. The molecule has 0 radical (unpaired) electrons. The smallest absolute Gasteiger partial charge is 0.229 e. The van der Waals surface area contributed by atoms with E-state index in [1.807, 2.05) is 14.0 Å². The van der Waals surface area contributed by atoms with Crippen LogP contribution in [0.25, 0.3) is 0 Å². The van der Waals surface area contributed by atoms with Gasteiger partial charge in [0.05, 0.1) is 19.1 Å². The van der Waals surface area contributed by atoms with Gasteiger partial charge in [0, 0.05) is 19.1 Å². The average molecular weight is 200 g/mol. The van der Waals surface area contributed by atoms with Gasteiger partial charge in [0.1, 0.15) is 0 Å². The van der Waals surface area contributed by atoms with Crippen LogP contribution in [0.4, 0.5) is 0 Å².